The molecule has 0 bridgehead atoms. The highest BCUT2D eigenvalue weighted by Crippen LogP contribution is 2.24. The van der Waals surface area contributed by atoms with E-state index in [0.29, 0.717) is 32.1 Å². The van der Waals surface area contributed by atoms with Gasteiger partial charge in [-0.25, -0.2) is 0 Å². The predicted molar refractivity (Wildman–Crippen MR) is 94.8 cm³/mol. The molecule has 0 spiro atoms. The van der Waals surface area contributed by atoms with Crippen molar-refractivity contribution in [3.8, 4) is 5.75 Å². The van der Waals surface area contributed by atoms with Crippen molar-refractivity contribution in [3.05, 3.63) is 71.5 Å². The molecule has 26 heavy (non-hydrogen) atoms. The molecule has 0 amide bonds. The number of para-hydroxylation sites is 1. The van der Waals surface area contributed by atoms with Gasteiger partial charge in [-0.1, -0.05) is 23.4 Å². The Morgan fingerprint density at radius 3 is 2.65 bits per heavy atom. The zero-order valence-electron chi connectivity index (χ0n) is 14.7. The van der Waals surface area contributed by atoms with Gasteiger partial charge >= 0.3 is 0 Å². The number of aromatic nitrogens is 1. The zero-order chi connectivity index (χ0) is 17.8. The number of aryl methyl sites for hydroxylation is 1. The van der Waals surface area contributed by atoms with Gasteiger partial charge in [0, 0.05) is 12.5 Å². The monoisotopic (exact) mass is 354 g/mol. The Morgan fingerprint density at radius 2 is 1.96 bits per heavy atom. The van der Waals surface area contributed by atoms with E-state index in [1.165, 1.54) is 0 Å². The van der Waals surface area contributed by atoms with E-state index in [9.17, 15) is 0 Å². The number of hydrogen-bond acceptors (Lipinski definition) is 6. The van der Waals surface area contributed by atoms with Crippen molar-refractivity contribution in [3.63, 3.8) is 0 Å². The predicted octanol–water partition coefficient (Wildman–Crippen LogP) is 3.26. The third-order valence-electron chi connectivity index (χ3n) is 4.44. The van der Waals surface area contributed by atoms with Gasteiger partial charge in [0.2, 0.25) is 0 Å². The molecule has 3 heterocycles. The van der Waals surface area contributed by atoms with Crippen LogP contribution in [0, 0.1) is 6.92 Å². The number of benzene rings is 1. The second-order valence-corrected chi connectivity index (χ2v) is 6.70. The zero-order valence-corrected chi connectivity index (χ0v) is 14.7. The lowest BCUT2D eigenvalue weighted by Gasteiger charge is -2.41. The van der Waals surface area contributed by atoms with Crippen molar-refractivity contribution < 1.29 is 18.4 Å². The van der Waals surface area contributed by atoms with Gasteiger partial charge in [-0.3, -0.25) is 5.32 Å². The fourth-order valence-corrected chi connectivity index (χ4v) is 2.99. The summed E-state index contributed by atoms with van der Waals surface area (Å²) in [5, 5.41) is 7.73. The van der Waals surface area contributed by atoms with Crippen LogP contribution in [0.5, 0.6) is 5.75 Å². The van der Waals surface area contributed by atoms with E-state index in [4.69, 9.17) is 18.4 Å². The summed E-state index contributed by atoms with van der Waals surface area (Å²) in [4.78, 5) is 0. The standard InChI is InChI=1S/C20H22N2O4/c1-15-7-8-18(25-15)11-21-20(13-23-14-20)10-16-9-19(26-22-16)12-24-17-5-3-2-4-6-17/h2-9,21H,10-14H2,1H3. The second kappa shape index (κ2) is 7.35. The van der Waals surface area contributed by atoms with Gasteiger partial charge in [0.05, 0.1) is 31.0 Å². The molecule has 0 aliphatic carbocycles. The lowest BCUT2D eigenvalue weighted by molar-refractivity contribution is -0.0762. The average molecular weight is 354 g/mol. The highest BCUT2D eigenvalue weighted by atomic mass is 16.5. The topological polar surface area (TPSA) is 69.7 Å². The van der Waals surface area contributed by atoms with Gasteiger partial charge in [0.25, 0.3) is 0 Å². The molecule has 1 aliphatic rings. The van der Waals surface area contributed by atoms with Gasteiger partial charge in [-0.15, -0.1) is 0 Å². The number of ether oxygens (including phenoxy) is 2. The number of nitrogens with one attached hydrogen (secondary N) is 1. The molecule has 1 N–H and O–H groups in total. The summed E-state index contributed by atoms with van der Waals surface area (Å²) < 4.78 is 22.2. The van der Waals surface area contributed by atoms with E-state index in [-0.39, 0.29) is 5.54 Å². The molecule has 4 rings (SSSR count). The summed E-state index contributed by atoms with van der Waals surface area (Å²) in [6, 6.07) is 15.6. The number of rotatable bonds is 8. The third-order valence-corrected chi connectivity index (χ3v) is 4.44. The first kappa shape index (κ1) is 16.9. The fraction of sp³-hybridized carbons (Fsp3) is 0.350. The van der Waals surface area contributed by atoms with Crippen LogP contribution >= 0.6 is 0 Å². The van der Waals surface area contributed by atoms with Crippen molar-refractivity contribution in [1.82, 2.24) is 10.5 Å². The Kier molecular flexibility index (Phi) is 4.77. The summed E-state index contributed by atoms with van der Waals surface area (Å²) in [5.74, 6) is 3.36. The first-order chi connectivity index (χ1) is 12.7. The second-order valence-electron chi connectivity index (χ2n) is 6.70. The number of hydrogen-bond donors (Lipinski definition) is 1. The molecule has 1 fully saturated rings. The highest BCUT2D eigenvalue weighted by Gasteiger charge is 2.39. The lowest BCUT2D eigenvalue weighted by atomic mass is 9.91. The minimum atomic E-state index is -0.130. The maximum Gasteiger partial charge on any atom is 0.174 e. The Morgan fingerprint density at radius 1 is 1.12 bits per heavy atom. The van der Waals surface area contributed by atoms with Gasteiger partial charge < -0.3 is 18.4 Å². The number of furan rings is 1. The minimum absolute atomic E-state index is 0.130. The molecule has 0 saturated carbocycles. The summed E-state index contributed by atoms with van der Waals surface area (Å²) in [6.07, 6.45) is 0.738. The Hall–Kier alpha value is -2.57. The molecule has 1 saturated heterocycles. The van der Waals surface area contributed by atoms with Crippen LogP contribution in [0.15, 0.2) is 57.5 Å². The van der Waals surface area contributed by atoms with Gasteiger partial charge in [0.1, 0.15) is 23.9 Å². The van der Waals surface area contributed by atoms with Crippen molar-refractivity contribution in [1.29, 1.82) is 0 Å². The van der Waals surface area contributed by atoms with Crippen LogP contribution in [-0.4, -0.2) is 23.9 Å². The molecular formula is C20H22N2O4. The van der Waals surface area contributed by atoms with Crippen molar-refractivity contribution >= 4 is 0 Å². The van der Waals surface area contributed by atoms with E-state index < -0.39 is 0 Å². The quantitative estimate of drug-likeness (QED) is 0.670. The summed E-state index contributed by atoms with van der Waals surface area (Å²) in [5.41, 5.74) is 0.762. The van der Waals surface area contributed by atoms with Crippen LogP contribution < -0.4 is 10.1 Å². The summed E-state index contributed by atoms with van der Waals surface area (Å²) in [7, 11) is 0. The Bertz CT molecular complexity index is 836. The first-order valence-corrected chi connectivity index (χ1v) is 8.71. The van der Waals surface area contributed by atoms with E-state index in [1.54, 1.807) is 0 Å². The van der Waals surface area contributed by atoms with Crippen molar-refractivity contribution in [2.45, 2.75) is 32.0 Å². The molecule has 1 aromatic carbocycles. The normalized spacial score (nSPS) is 15.6. The smallest absolute Gasteiger partial charge is 0.174 e. The minimum Gasteiger partial charge on any atom is -0.486 e. The van der Waals surface area contributed by atoms with Gasteiger partial charge in [-0.2, -0.15) is 0 Å². The molecule has 0 unspecified atom stereocenters. The summed E-state index contributed by atoms with van der Waals surface area (Å²) >= 11 is 0. The molecule has 6 heteroatoms. The first-order valence-electron chi connectivity index (χ1n) is 8.71. The Balaban J connectivity index is 1.33. The molecule has 6 nitrogen and oxygen atoms in total. The van der Waals surface area contributed by atoms with Crippen LogP contribution in [0.3, 0.4) is 0 Å². The fourth-order valence-electron chi connectivity index (χ4n) is 2.99. The van der Waals surface area contributed by atoms with Crippen LogP contribution in [-0.2, 0) is 24.3 Å². The molecule has 136 valence electrons. The highest BCUT2D eigenvalue weighted by molar-refractivity contribution is 5.21. The maximum absolute atomic E-state index is 5.70. The van der Waals surface area contributed by atoms with E-state index in [1.807, 2.05) is 55.5 Å². The summed E-state index contributed by atoms with van der Waals surface area (Å²) in [6.45, 7) is 4.27. The molecule has 2 aromatic heterocycles. The lowest BCUT2D eigenvalue weighted by Crippen LogP contribution is -2.61. The van der Waals surface area contributed by atoms with Gasteiger partial charge in [-0.05, 0) is 31.2 Å². The molecule has 0 atom stereocenters. The van der Waals surface area contributed by atoms with E-state index >= 15 is 0 Å². The molecular weight excluding hydrogens is 332 g/mol. The van der Waals surface area contributed by atoms with Crippen LogP contribution in [0.1, 0.15) is 23.0 Å². The van der Waals surface area contributed by atoms with Crippen molar-refractivity contribution in [2.24, 2.45) is 0 Å². The van der Waals surface area contributed by atoms with Crippen LogP contribution in [0.4, 0.5) is 0 Å². The Labute approximate surface area is 152 Å². The molecule has 3 aromatic rings. The maximum atomic E-state index is 5.70. The average Bonchev–Trinajstić information content (AvgIpc) is 3.25. The largest absolute Gasteiger partial charge is 0.486 e. The molecule has 1 aliphatic heterocycles. The molecule has 0 radical (unpaired) electrons. The SMILES string of the molecule is Cc1ccc(CNC2(Cc3cc(COc4ccccc4)on3)COC2)o1. The third kappa shape index (κ3) is 3.98. The number of nitrogens with zero attached hydrogens (tertiary/aromatic N) is 1. The van der Waals surface area contributed by atoms with Crippen molar-refractivity contribution in [2.75, 3.05) is 13.2 Å². The van der Waals surface area contributed by atoms with E-state index in [0.717, 1.165) is 29.4 Å². The van der Waals surface area contributed by atoms with Crippen LogP contribution in [0.2, 0.25) is 0 Å². The van der Waals surface area contributed by atoms with Crippen LogP contribution in [0.25, 0.3) is 0 Å². The van der Waals surface area contributed by atoms with Gasteiger partial charge in [0.15, 0.2) is 5.76 Å². The van der Waals surface area contributed by atoms with E-state index in [2.05, 4.69) is 10.5 Å².